The van der Waals surface area contributed by atoms with Crippen LogP contribution >= 0.6 is 0 Å². The summed E-state index contributed by atoms with van der Waals surface area (Å²) in [4.78, 5) is 19.1. The van der Waals surface area contributed by atoms with Crippen LogP contribution in [0, 0.1) is 0 Å². The molecule has 0 radical (unpaired) electrons. The molecule has 108 valence electrons. The maximum atomic E-state index is 12.8. The number of benzene rings is 1. The minimum Gasteiger partial charge on any atom is -0.497 e. The number of hydrogen-bond donors (Lipinski definition) is 1. The molecule has 0 aliphatic carbocycles. The third-order valence-electron chi connectivity index (χ3n) is 4.33. The van der Waals surface area contributed by atoms with Crippen LogP contribution in [-0.4, -0.2) is 35.8 Å². The van der Waals surface area contributed by atoms with Gasteiger partial charge in [-0.3, -0.25) is 9.47 Å². The molecule has 21 heavy (non-hydrogen) atoms. The third-order valence-corrected chi connectivity index (χ3v) is 4.33. The number of carbonyl (C=O) groups is 1. The molecule has 0 saturated carbocycles. The fourth-order valence-electron chi connectivity index (χ4n) is 3.36. The highest BCUT2D eigenvalue weighted by molar-refractivity contribution is 5.99. The number of aromatic nitrogens is 2. The van der Waals surface area contributed by atoms with Gasteiger partial charge in [-0.1, -0.05) is 6.07 Å². The van der Waals surface area contributed by atoms with Gasteiger partial charge < -0.3 is 10.1 Å². The van der Waals surface area contributed by atoms with Gasteiger partial charge >= 0.3 is 6.03 Å². The molecule has 1 fully saturated rings. The second-order valence-electron chi connectivity index (χ2n) is 5.40. The molecule has 0 unspecified atom stereocenters. The third kappa shape index (κ3) is 1.56. The molecular formula is C15H16N4O2. The second kappa shape index (κ2) is 4.33. The Hall–Kier alpha value is -2.34. The number of rotatable bonds is 2. The van der Waals surface area contributed by atoms with Gasteiger partial charge in [-0.2, -0.15) is 0 Å². The average molecular weight is 284 g/mol. The van der Waals surface area contributed by atoms with Gasteiger partial charge in [0.05, 0.1) is 12.8 Å². The zero-order valence-electron chi connectivity index (χ0n) is 11.7. The molecule has 2 aliphatic heterocycles. The number of imidazole rings is 1. The summed E-state index contributed by atoms with van der Waals surface area (Å²) in [5, 5.41) is 3.36. The lowest BCUT2D eigenvalue weighted by Crippen LogP contribution is -2.46. The summed E-state index contributed by atoms with van der Waals surface area (Å²) < 4.78 is 6.93. The fourth-order valence-corrected chi connectivity index (χ4v) is 3.36. The first-order valence-electron chi connectivity index (χ1n) is 6.99. The summed E-state index contributed by atoms with van der Waals surface area (Å²) >= 11 is 0. The number of anilines is 1. The predicted molar refractivity (Wildman–Crippen MR) is 77.7 cm³/mol. The molecule has 3 heterocycles. The van der Waals surface area contributed by atoms with E-state index in [1.54, 1.807) is 24.1 Å². The van der Waals surface area contributed by atoms with Gasteiger partial charge in [-0.15, -0.1) is 0 Å². The van der Waals surface area contributed by atoms with Crippen molar-refractivity contribution < 1.29 is 9.53 Å². The highest BCUT2D eigenvalue weighted by Crippen LogP contribution is 2.42. The molecule has 2 aliphatic rings. The molecule has 1 atom stereocenters. The van der Waals surface area contributed by atoms with Crippen molar-refractivity contribution >= 4 is 11.7 Å². The van der Waals surface area contributed by atoms with Gasteiger partial charge in [0, 0.05) is 25.0 Å². The Bertz CT molecular complexity index is 703. The molecule has 1 aromatic heterocycles. The van der Waals surface area contributed by atoms with E-state index >= 15 is 0 Å². The van der Waals surface area contributed by atoms with Crippen LogP contribution in [0.5, 0.6) is 5.75 Å². The maximum Gasteiger partial charge on any atom is 0.335 e. The normalized spacial score (nSPS) is 23.9. The van der Waals surface area contributed by atoms with E-state index in [0.717, 1.165) is 30.2 Å². The highest BCUT2D eigenvalue weighted by atomic mass is 16.5. The summed E-state index contributed by atoms with van der Waals surface area (Å²) in [6.07, 6.45) is 4.28. The lowest BCUT2D eigenvalue weighted by atomic mass is 9.96. The monoisotopic (exact) mass is 284 g/mol. The lowest BCUT2D eigenvalue weighted by Gasteiger charge is -2.32. The topological polar surface area (TPSA) is 59.4 Å². The smallest absolute Gasteiger partial charge is 0.335 e. The Balaban J connectivity index is 1.87. The predicted octanol–water partition coefficient (Wildman–Crippen LogP) is 1.57. The van der Waals surface area contributed by atoms with Crippen LogP contribution < -0.4 is 15.0 Å². The quantitative estimate of drug-likeness (QED) is 0.909. The Morgan fingerprint density at radius 3 is 3.10 bits per heavy atom. The molecule has 1 aromatic carbocycles. The summed E-state index contributed by atoms with van der Waals surface area (Å²) in [6.45, 7) is 1.59. The Kier molecular flexibility index (Phi) is 2.56. The molecule has 6 nitrogen and oxygen atoms in total. The number of ether oxygens (including phenoxy) is 1. The molecule has 2 aromatic rings. The van der Waals surface area contributed by atoms with Crippen LogP contribution in [0.15, 0.2) is 36.7 Å². The first-order valence-corrected chi connectivity index (χ1v) is 6.99. The first kappa shape index (κ1) is 12.4. The van der Waals surface area contributed by atoms with Crippen molar-refractivity contribution in [2.75, 3.05) is 25.1 Å². The van der Waals surface area contributed by atoms with Crippen LogP contribution in [-0.2, 0) is 5.54 Å². The summed E-state index contributed by atoms with van der Waals surface area (Å²) in [5.41, 5.74) is 0.445. The van der Waals surface area contributed by atoms with Crippen molar-refractivity contribution in [2.24, 2.45) is 0 Å². The van der Waals surface area contributed by atoms with Gasteiger partial charge in [0.15, 0.2) is 0 Å². The number of hydrogen-bond acceptors (Lipinski definition) is 4. The first-order chi connectivity index (χ1) is 10.3. The van der Waals surface area contributed by atoms with Gasteiger partial charge in [0.25, 0.3) is 0 Å². The molecule has 1 N–H and O–H groups in total. The summed E-state index contributed by atoms with van der Waals surface area (Å²) in [5.74, 6) is 1.56. The zero-order chi connectivity index (χ0) is 14.4. The van der Waals surface area contributed by atoms with E-state index in [0.29, 0.717) is 6.54 Å². The van der Waals surface area contributed by atoms with E-state index < -0.39 is 5.54 Å². The summed E-state index contributed by atoms with van der Waals surface area (Å²) in [7, 11) is 1.63. The molecular weight excluding hydrogens is 268 g/mol. The maximum absolute atomic E-state index is 12.8. The Labute approximate surface area is 122 Å². The van der Waals surface area contributed by atoms with Crippen LogP contribution in [0.3, 0.4) is 0 Å². The van der Waals surface area contributed by atoms with Crippen LogP contribution in [0.1, 0.15) is 12.2 Å². The van der Waals surface area contributed by atoms with E-state index in [2.05, 4.69) is 10.3 Å². The van der Waals surface area contributed by atoms with E-state index in [1.807, 2.05) is 29.2 Å². The summed E-state index contributed by atoms with van der Waals surface area (Å²) in [6, 6.07) is 7.55. The van der Waals surface area contributed by atoms with Crippen molar-refractivity contribution in [2.45, 2.75) is 12.0 Å². The minimum absolute atomic E-state index is 0.0561. The van der Waals surface area contributed by atoms with Crippen molar-refractivity contribution in [3.8, 4) is 5.75 Å². The molecule has 1 amide bonds. The van der Waals surface area contributed by atoms with Gasteiger partial charge in [0.1, 0.15) is 17.1 Å². The number of fused-ring (bicyclic) bond motifs is 2. The molecule has 0 bridgehead atoms. The van der Waals surface area contributed by atoms with Crippen LogP contribution in [0.4, 0.5) is 10.5 Å². The van der Waals surface area contributed by atoms with E-state index in [1.165, 1.54) is 0 Å². The van der Waals surface area contributed by atoms with E-state index in [9.17, 15) is 4.79 Å². The van der Waals surface area contributed by atoms with Gasteiger partial charge in [0.2, 0.25) is 0 Å². The molecule has 4 rings (SSSR count). The largest absolute Gasteiger partial charge is 0.497 e. The van der Waals surface area contributed by atoms with E-state index in [-0.39, 0.29) is 6.03 Å². The SMILES string of the molecule is COc1cccc(N2C(=O)n3ccnc3[C@@]23CCNC3)c1. The number of amides is 1. The Morgan fingerprint density at radius 1 is 1.43 bits per heavy atom. The number of carbonyl (C=O) groups excluding carboxylic acids is 1. The number of nitrogens with one attached hydrogen (secondary N) is 1. The van der Waals surface area contributed by atoms with Crippen molar-refractivity contribution in [1.29, 1.82) is 0 Å². The van der Waals surface area contributed by atoms with Crippen molar-refractivity contribution in [1.82, 2.24) is 14.9 Å². The average Bonchev–Trinajstić information content (AvgIpc) is 3.20. The van der Waals surface area contributed by atoms with Gasteiger partial charge in [-0.25, -0.2) is 9.78 Å². The highest BCUT2D eigenvalue weighted by Gasteiger charge is 2.53. The van der Waals surface area contributed by atoms with Crippen LogP contribution in [0.2, 0.25) is 0 Å². The standard InChI is InChI=1S/C15H16N4O2/c1-21-12-4-2-3-11(9-12)19-14(20)18-8-7-17-13(18)15(19)5-6-16-10-15/h2-4,7-9,16H,5-6,10H2,1H3/t15-/m0/s1. The Morgan fingerprint density at radius 2 is 2.33 bits per heavy atom. The number of nitrogens with zero attached hydrogens (tertiary/aromatic N) is 3. The number of methoxy groups -OCH3 is 1. The van der Waals surface area contributed by atoms with E-state index in [4.69, 9.17) is 4.74 Å². The lowest BCUT2D eigenvalue weighted by molar-refractivity contribution is 0.248. The van der Waals surface area contributed by atoms with Crippen molar-refractivity contribution in [3.05, 3.63) is 42.5 Å². The second-order valence-corrected chi connectivity index (χ2v) is 5.40. The molecule has 6 heteroatoms. The van der Waals surface area contributed by atoms with Gasteiger partial charge in [-0.05, 0) is 25.1 Å². The molecule has 1 spiro atoms. The molecule has 1 saturated heterocycles. The van der Waals surface area contributed by atoms with Crippen LogP contribution in [0.25, 0.3) is 0 Å². The van der Waals surface area contributed by atoms with Crippen molar-refractivity contribution in [3.63, 3.8) is 0 Å². The zero-order valence-corrected chi connectivity index (χ0v) is 11.7. The fraction of sp³-hybridized carbons (Fsp3) is 0.333. The minimum atomic E-state index is -0.396.